The fraction of sp³-hybridized carbons (Fsp3) is 0.421. The highest BCUT2D eigenvalue weighted by atomic mass is 16.1. The van der Waals surface area contributed by atoms with Gasteiger partial charge in [0.25, 0.3) is 0 Å². The van der Waals surface area contributed by atoms with Crippen LogP contribution in [0, 0.1) is 11.8 Å². The number of H-pyrrole nitrogens is 1. The van der Waals surface area contributed by atoms with Gasteiger partial charge in [-0.15, -0.1) is 0 Å². The SMILES string of the molecule is C/C=C1/CN2[C@H]3CC1C(C=O)[C@@H]2Cc1c3[nH]c2ccccc12. The van der Waals surface area contributed by atoms with Crippen molar-refractivity contribution < 1.29 is 4.79 Å². The molecule has 1 aromatic carbocycles. The van der Waals surface area contributed by atoms with Gasteiger partial charge >= 0.3 is 0 Å². The number of hydrogen-bond donors (Lipinski definition) is 1. The van der Waals surface area contributed by atoms with Gasteiger partial charge in [-0.1, -0.05) is 29.8 Å². The number of aldehydes is 1. The quantitative estimate of drug-likeness (QED) is 0.647. The number of aromatic nitrogens is 1. The first-order valence-electron chi connectivity index (χ1n) is 8.27. The second-order valence-corrected chi connectivity index (χ2v) is 6.94. The van der Waals surface area contributed by atoms with E-state index in [1.54, 1.807) is 0 Å². The first kappa shape index (κ1) is 12.7. The number of carbonyl (C=O) groups excluding carboxylic acids is 1. The Kier molecular flexibility index (Phi) is 2.49. The van der Waals surface area contributed by atoms with E-state index in [4.69, 9.17) is 0 Å². The molecule has 1 aromatic heterocycles. The molecule has 4 aliphatic rings. The lowest BCUT2D eigenvalue weighted by atomic mass is 9.64. The van der Waals surface area contributed by atoms with Crippen molar-refractivity contribution in [2.45, 2.75) is 31.8 Å². The van der Waals surface area contributed by atoms with Crippen LogP contribution in [-0.4, -0.2) is 28.8 Å². The van der Waals surface area contributed by atoms with E-state index in [1.165, 1.54) is 34.0 Å². The van der Waals surface area contributed by atoms with Crippen molar-refractivity contribution in [3.05, 3.63) is 47.2 Å². The third-order valence-electron chi connectivity index (χ3n) is 6.17. The first-order valence-corrected chi connectivity index (χ1v) is 8.27. The molecular formula is C19H20N2O. The van der Waals surface area contributed by atoms with Gasteiger partial charge in [-0.2, -0.15) is 0 Å². The molecule has 0 radical (unpaired) electrons. The molecule has 3 unspecified atom stereocenters. The summed E-state index contributed by atoms with van der Waals surface area (Å²) in [5, 5.41) is 1.35. The van der Waals surface area contributed by atoms with Crippen LogP contribution in [0.15, 0.2) is 35.9 Å². The second kappa shape index (κ2) is 4.32. The third-order valence-corrected chi connectivity index (χ3v) is 6.17. The molecule has 3 saturated heterocycles. The van der Waals surface area contributed by atoms with Crippen molar-refractivity contribution >= 4 is 17.2 Å². The van der Waals surface area contributed by atoms with Gasteiger partial charge in [-0.05, 0) is 37.3 Å². The zero-order chi connectivity index (χ0) is 14.8. The van der Waals surface area contributed by atoms with Crippen molar-refractivity contribution in [3.63, 3.8) is 0 Å². The van der Waals surface area contributed by atoms with Crippen LogP contribution in [-0.2, 0) is 11.2 Å². The summed E-state index contributed by atoms with van der Waals surface area (Å²) in [6.45, 7) is 3.15. The maximum absolute atomic E-state index is 11.8. The summed E-state index contributed by atoms with van der Waals surface area (Å²) in [5.74, 6) is 0.611. The van der Waals surface area contributed by atoms with Gasteiger partial charge in [-0.3, -0.25) is 4.90 Å². The Balaban J connectivity index is 1.70. The lowest BCUT2D eigenvalue weighted by Gasteiger charge is -2.57. The number of allylic oxidation sites excluding steroid dienone is 1. The molecule has 0 saturated carbocycles. The zero-order valence-electron chi connectivity index (χ0n) is 12.8. The van der Waals surface area contributed by atoms with Crippen molar-refractivity contribution in [3.8, 4) is 0 Å². The molecule has 1 N–H and O–H groups in total. The molecule has 0 aliphatic carbocycles. The molecule has 3 nitrogen and oxygen atoms in total. The van der Waals surface area contributed by atoms with Gasteiger partial charge < -0.3 is 9.78 Å². The smallest absolute Gasteiger partial charge is 0.125 e. The van der Waals surface area contributed by atoms with E-state index in [2.05, 4.69) is 47.1 Å². The van der Waals surface area contributed by atoms with Crippen LogP contribution in [0.2, 0.25) is 0 Å². The molecule has 2 aromatic rings. The second-order valence-electron chi connectivity index (χ2n) is 6.94. The minimum Gasteiger partial charge on any atom is -0.357 e. The summed E-state index contributed by atoms with van der Waals surface area (Å²) in [7, 11) is 0. The highest BCUT2D eigenvalue weighted by molar-refractivity contribution is 5.85. The molecule has 5 heterocycles. The highest BCUT2D eigenvalue weighted by Crippen LogP contribution is 2.53. The van der Waals surface area contributed by atoms with E-state index >= 15 is 0 Å². The predicted octanol–water partition coefficient (Wildman–Crippen LogP) is 3.23. The molecule has 4 aliphatic heterocycles. The predicted molar refractivity (Wildman–Crippen MR) is 86.7 cm³/mol. The Morgan fingerprint density at radius 3 is 3.00 bits per heavy atom. The summed E-state index contributed by atoms with van der Waals surface area (Å²) in [6.07, 6.45) is 5.54. The Morgan fingerprint density at radius 1 is 1.32 bits per heavy atom. The van der Waals surface area contributed by atoms with Crippen LogP contribution in [0.3, 0.4) is 0 Å². The van der Waals surface area contributed by atoms with Crippen molar-refractivity contribution in [2.75, 3.05) is 6.54 Å². The van der Waals surface area contributed by atoms with E-state index in [0.717, 1.165) is 19.4 Å². The number of carbonyl (C=O) groups is 1. The van der Waals surface area contributed by atoms with Crippen LogP contribution in [0.4, 0.5) is 0 Å². The van der Waals surface area contributed by atoms with Crippen LogP contribution in [0.25, 0.3) is 10.9 Å². The summed E-state index contributed by atoms with van der Waals surface area (Å²) in [6, 6.07) is 9.44. The number of nitrogens with one attached hydrogen (secondary N) is 1. The summed E-state index contributed by atoms with van der Waals surface area (Å²) in [5.41, 5.74) is 5.56. The summed E-state index contributed by atoms with van der Waals surface area (Å²) >= 11 is 0. The Bertz CT molecular complexity index is 803. The van der Waals surface area contributed by atoms with Gasteiger partial charge in [0, 0.05) is 35.1 Å². The van der Waals surface area contributed by atoms with E-state index in [1.807, 2.05) is 0 Å². The maximum Gasteiger partial charge on any atom is 0.125 e. The van der Waals surface area contributed by atoms with Crippen molar-refractivity contribution in [1.29, 1.82) is 0 Å². The maximum atomic E-state index is 11.8. The average Bonchev–Trinajstić information content (AvgIpc) is 2.93. The van der Waals surface area contributed by atoms with Crippen molar-refractivity contribution in [1.82, 2.24) is 9.88 Å². The molecule has 3 fully saturated rings. The Labute approximate surface area is 130 Å². The average molecular weight is 292 g/mol. The summed E-state index contributed by atoms with van der Waals surface area (Å²) < 4.78 is 0. The number of rotatable bonds is 1. The molecule has 112 valence electrons. The van der Waals surface area contributed by atoms with Gasteiger partial charge in [0.05, 0.1) is 6.04 Å². The van der Waals surface area contributed by atoms with Crippen LogP contribution >= 0.6 is 0 Å². The van der Waals surface area contributed by atoms with Crippen LogP contribution < -0.4 is 0 Å². The van der Waals surface area contributed by atoms with Gasteiger partial charge in [0.1, 0.15) is 6.29 Å². The van der Waals surface area contributed by atoms with Crippen molar-refractivity contribution in [2.24, 2.45) is 11.8 Å². The fourth-order valence-corrected chi connectivity index (χ4v) is 5.17. The largest absolute Gasteiger partial charge is 0.357 e. The molecule has 5 atom stereocenters. The number of nitrogens with zero attached hydrogens (tertiary/aromatic N) is 1. The number of aromatic amines is 1. The van der Waals surface area contributed by atoms with Gasteiger partial charge in [0.15, 0.2) is 0 Å². The number of benzene rings is 1. The Morgan fingerprint density at radius 2 is 2.18 bits per heavy atom. The normalized spacial score (nSPS) is 37.5. The first-order chi connectivity index (χ1) is 10.8. The number of hydrogen-bond acceptors (Lipinski definition) is 2. The molecule has 3 heteroatoms. The van der Waals surface area contributed by atoms with Crippen LogP contribution in [0.1, 0.15) is 30.6 Å². The van der Waals surface area contributed by atoms with E-state index < -0.39 is 0 Å². The highest BCUT2D eigenvalue weighted by Gasteiger charge is 2.52. The molecule has 0 amide bonds. The lowest BCUT2D eigenvalue weighted by molar-refractivity contribution is -0.121. The molecule has 22 heavy (non-hydrogen) atoms. The standard InChI is InChI=1S/C19H20N2O/c1-2-11-9-21-17-8-14-12-5-3-4-6-16(12)20-19(14)18(21)7-13(11)15(17)10-22/h2-6,10,13,15,17-18,20H,7-9H2,1H3/b11-2-/t13?,15?,17-,18-/m0/s1. The van der Waals surface area contributed by atoms with Gasteiger partial charge in [0.2, 0.25) is 0 Å². The zero-order valence-corrected chi connectivity index (χ0v) is 12.8. The van der Waals surface area contributed by atoms with Gasteiger partial charge in [-0.25, -0.2) is 0 Å². The molecule has 4 bridgehead atoms. The number of para-hydroxylation sites is 1. The summed E-state index contributed by atoms with van der Waals surface area (Å²) in [4.78, 5) is 18.0. The van der Waals surface area contributed by atoms with E-state index in [9.17, 15) is 4.79 Å². The lowest BCUT2D eigenvalue weighted by Crippen LogP contribution is -2.60. The monoisotopic (exact) mass is 292 g/mol. The third kappa shape index (κ3) is 1.42. The fourth-order valence-electron chi connectivity index (χ4n) is 5.17. The Hall–Kier alpha value is -1.87. The molecule has 6 rings (SSSR count). The topological polar surface area (TPSA) is 36.1 Å². The van der Waals surface area contributed by atoms with Crippen LogP contribution in [0.5, 0.6) is 0 Å². The molecular weight excluding hydrogens is 272 g/mol. The van der Waals surface area contributed by atoms with E-state index in [0.29, 0.717) is 18.0 Å². The minimum atomic E-state index is 0.165. The minimum absolute atomic E-state index is 0.165. The molecule has 0 spiro atoms. The number of piperidine rings is 3. The van der Waals surface area contributed by atoms with E-state index in [-0.39, 0.29) is 5.92 Å². The number of fused-ring (bicyclic) bond motifs is 4.